The summed E-state index contributed by atoms with van der Waals surface area (Å²) in [5.41, 5.74) is 7.78. The van der Waals surface area contributed by atoms with Gasteiger partial charge in [0.2, 0.25) is 0 Å². The predicted octanol–water partition coefficient (Wildman–Crippen LogP) is 1.61. The Morgan fingerprint density at radius 3 is 2.69 bits per heavy atom. The van der Waals surface area contributed by atoms with Gasteiger partial charge < -0.3 is 5.73 Å². The molecule has 2 aromatic rings. The molecule has 0 fully saturated rings. The van der Waals surface area contributed by atoms with Crippen molar-refractivity contribution in [1.29, 1.82) is 0 Å². The zero-order valence-corrected chi connectivity index (χ0v) is 9.22. The highest BCUT2D eigenvalue weighted by Gasteiger charge is 2.01. The van der Waals surface area contributed by atoms with E-state index in [0.717, 1.165) is 12.1 Å². The molecule has 0 bridgehead atoms. The van der Waals surface area contributed by atoms with E-state index in [4.69, 9.17) is 5.73 Å². The number of anilines is 1. The molecule has 4 heteroatoms. The first-order valence-electron chi connectivity index (χ1n) is 5.29. The van der Waals surface area contributed by atoms with Crippen molar-refractivity contribution in [2.24, 2.45) is 0 Å². The largest absolute Gasteiger partial charge is 0.384 e. The van der Waals surface area contributed by atoms with Crippen LogP contribution >= 0.6 is 0 Å². The molecule has 0 unspecified atom stereocenters. The molecule has 0 atom stereocenters. The van der Waals surface area contributed by atoms with E-state index in [1.807, 2.05) is 12.3 Å². The van der Waals surface area contributed by atoms with Crippen molar-refractivity contribution in [2.75, 3.05) is 5.73 Å². The van der Waals surface area contributed by atoms with Crippen LogP contribution < -0.4 is 5.73 Å². The molecule has 2 rings (SSSR count). The summed E-state index contributed by atoms with van der Waals surface area (Å²) >= 11 is 0. The number of aryl methyl sites for hydroxylation is 1. The third-order valence-electron chi connectivity index (χ3n) is 2.36. The molecular formula is C12H14N4. The van der Waals surface area contributed by atoms with Crippen molar-refractivity contribution >= 4 is 5.82 Å². The number of nitrogen functional groups attached to an aromatic ring is 1. The fourth-order valence-corrected chi connectivity index (χ4v) is 1.43. The van der Waals surface area contributed by atoms with Gasteiger partial charge in [0.05, 0.1) is 6.42 Å². The first kappa shape index (κ1) is 10.5. The first-order valence-corrected chi connectivity index (χ1v) is 5.29. The van der Waals surface area contributed by atoms with Crippen LogP contribution in [0.2, 0.25) is 0 Å². The van der Waals surface area contributed by atoms with E-state index in [-0.39, 0.29) is 0 Å². The van der Waals surface area contributed by atoms with Crippen LogP contribution in [0.25, 0.3) is 0 Å². The fourth-order valence-electron chi connectivity index (χ4n) is 1.43. The van der Waals surface area contributed by atoms with E-state index in [2.05, 4.69) is 27.9 Å². The number of rotatable bonds is 3. The highest BCUT2D eigenvalue weighted by Crippen LogP contribution is 2.06. The molecule has 0 aliphatic rings. The molecule has 0 aromatic carbocycles. The minimum absolute atomic E-state index is 0.496. The molecule has 0 spiro atoms. The van der Waals surface area contributed by atoms with Crippen LogP contribution in [0.5, 0.6) is 0 Å². The SMILES string of the molecule is CCc1ccc(Cc2nccc(N)n2)nc1. The molecule has 0 saturated heterocycles. The van der Waals surface area contributed by atoms with Gasteiger partial charge in [0.15, 0.2) is 0 Å². The van der Waals surface area contributed by atoms with Gasteiger partial charge in [-0.25, -0.2) is 9.97 Å². The van der Waals surface area contributed by atoms with Crippen molar-refractivity contribution in [3.8, 4) is 0 Å². The maximum atomic E-state index is 5.59. The molecule has 0 aliphatic heterocycles. The van der Waals surface area contributed by atoms with E-state index < -0.39 is 0 Å². The standard InChI is InChI=1S/C12H14N4/c1-2-9-3-4-10(15-8-9)7-12-14-6-5-11(13)16-12/h3-6,8H,2,7H2,1H3,(H2,13,14,16). The summed E-state index contributed by atoms with van der Waals surface area (Å²) in [6, 6.07) is 5.76. The summed E-state index contributed by atoms with van der Waals surface area (Å²) in [5, 5.41) is 0. The molecule has 2 aromatic heterocycles. The van der Waals surface area contributed by atoms with Crippen molar-refractivity contribution in [3.05, 3.63) is 47.7 Å². The Morgan fingerprint density at radius 1 is 1.19 bits per heavy atom. The number of hydrogen-bond donors (Lipinski definition) is 1. The topological polar surface area (TPSA) is 64.7 Å². The van der Waals surface area contributed by atoms with E-state index in [9.17, 15) is 0 Å². The maximum absolute atomic E-state index is 5.59. The third kappa shape index (κ3) is 2.53. The molecule has 2 N–H and O–H groups in total. The van der Waals surface area contributed by atoms with Crippen LogP contribution in [0.15, 0.2) is 30.6 Å². The predicted molar refractivity (Wildman–Crippen MR) is 62.9 cm³/mol. The minimum atomic E-state index is 0.496. The van der Waals surface area contributed by atoms with Gasteiger partial charge in [-0.3, -0.25) is 4.98 Å². The minimum Gasteiger partial charge on any atom is -0.384 e. The lowest BCUT2D eigenvalue weighted by Gasteiger charge is -2.01. The Hall–Kier alpha value is -1.97. The van der Waals surface area contributed by atoms with Crippen LogP contribution in [-0.2, 0) is 12.8 Å². The molecule has 0 aliphatic carbocycles. The summed E-state index contributed by atoms with van der Waals surface area (Å²) in [6.45, 7) is 2.11. The van der Waals surface area contributed by atoms with Crippen LogP contribution in [-0.4, -0.2) is 15.0 Å². The summed E-state index contributed by atoms with van der Waals surface area (Å²) < 4.78 is 0. The van der Waals surface area contributed by atoms with Gasteiger partial charge >= 0.3 is 0 Å². The summed E-state index contributed by atoms with van der Waals surface area (Å²) in [7, 11) is 0. The van der Waals surface area contributed by atoms with Crippen LogP contribution in [0.1, 0.15) is 24.0 Å². The molecular weight excluding hydrogens is 200 g/mol. The van der Waals surface area contributed by atoms with Gasteiger partial charge in [0.25, 0.3) is 0 Å². The number of aromatic nitrogens is 3. The number of nitrogens with two attached hydrogens (primary N) is 1. The van der Waals surface area contributed by atoms with Gasteiger partial charge in [-0.05, 0) is 24.1 Å². The van der Waals surface area contributed by atoms with Gasteiger partial charge in [-0.15, -0.1) is 0 Å². The second-order valence-corrected chi connectivity index (χ2v) is 3.59. The average molecular weight is 214 g/mol. The molecule has 82 valence electrons. The smallest absolute Gasteiger partial charge is 0.136 e. The molecule has 2 heterocycles. The Labute approximate surface area is 94.6 Å². The summed E-state index contributed by atoms with van der Waals surface area (Å²) in [4.78, 5) is 12.6. The molecule has 0 radical (unpaired) electrons. The monoisotopic (exact) mass is 214 g/mol. The zero-order valence-electron chi connectivity index (χ0n) is 9.22. The van der Waals surface area contributed by atoms with Crippen LogP contribution in [0, 0.1) is 0 Å². The highest BCUT2D eigenvalue weighted by atomic mass is 14.9. The quantitative estimate of drug-likeness (QED) is 0.843. The second-order valence-electron chi connectivity index (χ2n) is 3.59. The van der Waals surface area contributed by atoms with E-state index >= 15 is 0 Å². The Bertz CT molecular complexity index is 465. The van der Waals surface area contributed by atoms with Crippen LogP contribution in [0.4, 0.5) is 5.82 Å². The van der Waals surface area contributed by atoms with Gasteiger partial charge in [0.1, 0.15) is 11.6 Å². The van der Waals surface area contributed by atoms with Gasteiger partial charge in [-0.1, -0.05) is 13.0 Å². The van der Waals surface area contributed by atoms with E-state index in [0.29, 0.717) is 18.1 Å². The van der Waals surface area contributed by atoms with E-state index in [1.54, 1.807) is 12.3 Å². The van der Waals surface area contributed by atoms with Crippen LogP contribution in [0.3, 0.4) is 0 Å². The van der Waals surface area contributed by atoms with Crippen molar-refractivity contribution in [1.82, 2.24) is 15.0 Å². The Kier molecular flexibility index (Phi) is 3.10. The lowest BCUT2D eigenvalue weighted by molar-refractivity contribution is 0.933. The second kappa shape index (κ2) is 4.70. The molecule has 4 nitrogen and oxygen atoms in total. The van der Waals surface area contributed by atoms with Crippen molar-refractivity contribution in [3.63, 3.8) is 0 Å². The first-order chi connectivity index (χ1) is 7.78. The lowest BCUT2D eigenvalue weighted by atomic mass is 10.2. The number of nitrogens with zero attached hydrogens (tertiary/aromatic N) is 3. The normalized spacial score (nSPS) is 10.3. The van der Waals surface area contributed by atoms with Gasteiger partial charge in [-0.2, -0.15) is 0 Å². The molecule has 0 amide bonds. The van der Waals surface area contributed by atoms with Gasteiger partial charge in [0, 0.05) is 18.1 Å². The van der Waals surface area contributed by atoms with E-state index in [1.165, 1.54) is 5.56 Å². The molecule has 0 saturated carbocycles. The highest BCUT2D eigenvalue weighted by molar-refractivity contribution is 5.26. The lowest BCUT2D eigenvalue weighted by Crippen LogP contribution is -2.01. The van der Waals surface area contributed by atoms with Crippen molar-refractivity contribution in [2.45, 2.75) is 19.8 Å². The average Bonchev–Trinajstić information content (AvgIpc) is 2.30. The fraction of sp³-hybridized carbons (Fsp3) is 0.250. The third-order valence-corrected chi connectivity index (χ3v) is 2.36. The zero-order chi connectivity index (χ0) is 11.4. The Morgan fingerprint density at radius 2 is 2.06 bits per heavy atom. The number of pyridine rings is 1. The maximum Gasteiger partial charge on any atom is 0.136 e. The summed E-state index contributed by atoms with van der Waals surface area (Å²) in [6.07, 6.45) is 5.18. The van der Waals surface area contributed by atoms with Crippen molar-refractivity contribution < 1.29 is 0 Å². The molecule has 16 heavy (non-hydrogen) atoms. The number of hydrogen-bond acceptors (Lipinski definition) is 4. The Balaban J connectivity index is 2.14. The summed E-state index contributed by atoms with van der Waals surface area (Å²) in [5.74, 6) is 1.20.